The van der Waals surface area contributed by atoms with Gasteiger partial charge in [0, 0.05) is 11.1 Å². The van der Waals surface area contributed by atoms with E-state index in [1.54, 1.807) is 12.1 Å². The number of hydrogen-bond acceptors (Lipinski definition) is 4. The number of carboxylic acids is 2. The molecule has 3 aromatic rings. The molecule has 0 bridgehead atoms. The average molecular weight is 312 g/mol. The molecule has 0 saturated heterocycles. The number of aromatic carboxylic acids is 2. The Morgan fingerprint density at radius 2 is 1.38 bits per heavy atom. The number of fused-ring (bicyclic) bond motifs is 2. The molecule has 21 heavy (non-hydrogen) atoms. The molecule has 100 valence electrons. The fraction of sp³-hybridized carbons (Fsp3) is 0. The van der Waals surface area contributed by atoms with E-state index >= 15 is 0 Å². The fourth-order valence-electron chi connectivity index (χ4n) is 2.40. The summed E-state index contributed by atoms with van der Waals surface area (Å²) in [5.41, 5.74) is -0.707. The first-order chi connectivity index (χ1) is 9.58. The number of carbonyl (C=O) groups excluding carboxylic acids is 2. The largest absolute Gasteiger partial charge is 2.00 e. The van der Waals surface area contributed by atoms with E-state index in [2.05, 4.69) is 0 Å². The van der Waals surface area contributed by atoms with Crippen molar-refractivity contribution >= 4 is 33.5 Å². The van der Waals surface area contributed by atoms with Crippen molar-refractivity contribution in [2.24, 2.45) is 0 Å². The van der Waals surface area contributed by atoms with E-state index in [1.165, 1.54) is 6.07 Å². The molecule has 3 rings (SSSR count). The molecule has 0 aliphatic heterocycles. The van der Waals surface area contributed by atoms with E-state index in [9.17, 15) is 19.8 Å². The van der Waals surface area contributed by atoms with Crippen LogP contribution in [0.15, 0.2) is 48.5 Å². The van der Waals surface area contributed by atoms with Crippen molar-refractivity contribution in [1.29, 1.82) is 0 Å². The molecule has 0 saturated carbocycles. The minimum absolute atomic E-state index is 0. The van der Waals surface area contributed by atoms with Crippen molar-refractivity contribution < 1.29 is 41.5 Å². The van der Waals surface area contributed by atoms with Gasteiger partial charge >= 0.3 is 21.7 Å². The van der Waals surface area contributed by atoms with Gasteiger partial charge in [0.1, 0.15) is 0 Å². The van der Waals surface area contributed by atoms with Gasteiger partial charge in [0.05, 0.1) is 11.9 Å². The van der Waals surface area contributed by atoms with Crippen LogP contribution >= 0.6 is 0 Å². The Kier molecular flexibility index (Phi) is 4.12. The maximum absolute atomic E-state index is 11.3. The van der Waals surface area contributed by atoms with Crippen LogP contribution in [-0.2, 0) is 21.7 Å². The third-order valence-electron chi connectivity index (χ3n) is 3.31. The summed E-state index contributed by atoms with van der Waals surface area (Å²) in [4.78, 5) is 22.3. The van der Waals surface area contributed by atoms with Crippen LogP contribution < -0.4 is 10.2 Å². The van der Waals surface area contributed by atoms with E-state index < -0.39 is 11.9 Å². The van der Waals surface area contributed by atoms with Gasteiger partial charge in [-0.05, 0) is 33.7 Å². The van der Waals surface area contributed by atoms with Crippen LogP contribution in [0, 0.1) is 0 Å². The summed E-state index contributed by atoms with van der Waals surface area (Å²) in [5.74, 6) is -3.05. The normalized spacial score (nSPS) is 10.3. The van der Waals surface area contributed by atoms with Crippen LogP contribution in [0.5, 0.6) is 0 Å². The van der Waals surface area contributed by atoms with Gasteiger partial charge in [-0.15, -0.1) is 0 Å². The SMILES string of the molecule is O=C([O-])c1ccc2cc3ccccc3cc2c1C(=O)[O-].[Ti+2]. The van der Waals surface area contributed by atoms with Crippen molar-refractivity contribution in [3.8, 4) is 0 Å². The van der Waals surface area contributed by atoms with E-state index in [1.807, 2.05) is 30.3 Å². The van der Waals surface area contributed by atoms with Gasteiger partial charge < -0.3 is 19.8 Å². The predicted molar refractivity (Wildman–Crippen MR) is 70.1 cm³/mol. The van der Waals surface area contributed by atoms with Crippen LogP contribution in [0.4, 0.5) is 0 Å². The quantitative estimate of drug-likeness (QED) is 0.516. The molecule has 4 nitrogen and oxygen atoms in total. The number of carboxylic acid groups (broad SMARTS) is 2. The summed E-state index contributed by atoms with van der Waals surface area (Å²) < 4.78 is 0. The maximum Gasteiger partial charge on any atom is 2.00 e. The van der Waals surface area contributed by atoms with E-state index in [0.717, 1.165) is 10.8 Å². The molecule has 3 aromatic carbocycles. The summed E-state index contributed by atoms with van der Waals surface area (Å²) in [7, 11) is 0. The molecule has 0 heterocycles. The maximum atomic E-state index is 11.3. The van der Waals surface area contributed by atoms with Gasteiger partial charge in [0.25, 0.3) is 0 Å². The molecule has 0 aliphatic carbocycles. The molecule has 0 radical (unpaired) electrons. The standard InChI is InChI=1S/C16H10O4.Ti/c17-15(18)12-6-5-11-7-9-3-1-2-4-10(9)8-13(11)14(12)16(19)20;/h1-8H,(H,17,18)(H,19,20);/q;+2/p-2. The van der Waals surface area contributed by atoms with Crippen molar-refractivity contribution in [2.75, 3.05) is 0 Å². The van der Waals surface area contributed by atoms with Gasteiger partial charge in [0.15, 0.2) is 0 Å². The number of hydrogen-bond donors (Lipinski definition) is 0. The molecule has 0 unspecified atom stereocenters. The summed E-state index contributed by atoms with van der Waals surface area (Å²) in [6, 6.07) is 13.7. The molecule has 0 aromatic heterocycles. The Bertz CT molecular complexity index is 871. The first kappa shape index (κ1) is 15.2. The molecule has 0 aliphatic rings. The van der Waals surface area contributed by atoms with Gasteiger partial charge in [-0.2, -0.15) is 0 Å². The van der Waals surface area contributed by atoms with Crippen LogP contribution in [0.3, 0.4) is 0 Å². The first-order valence-corrected chi connectivity index (χ1v) is 5.96. The molecule has 5 heteroatoms. The zero-order chi connectivity index (χ0) is 14.3. The molecular weight excluding hydrogens is 304 g/mol. The van der Waals surface area contributed by atoms with Crippen LogP contribution in [0.2, 0.25) is 0 Å². The third-order valence-corrected chi connectivity index (χ3v) is 3.31. The molecule has 0 spiro atoms. The van der Waals surface area contributed by atoms with Crippen molar-refractivity contribution in [3.05, 3.63) is 59.7 Å². The number of carbonyl (C=O) groups is 2. The predicted octanol–water partition coefficient (Wildman–Crippen LogP) is 0.717. The molecule has 0 N–H and O–H groups in total. The number of rotatable bonds is 2. The van der Waals surface area contributed by atoms with Crippen LogP contribution in [-0.4, -0.2) is 11.9 Å². The first-order valence-electron chi connectivity index (χ1n) is 5.96. The van der Waals surface area contributed by atoms with Gasteiger partial charge in [-0.1, -0.05) is 36.4 Å². The van der Waals surface area contributed by atoms with Crippen LogP contribution in [0.1, 0.15) is 20.7 Å². The van der Waals surface area contributed by atoms with E-state index in [-0.39, 0.29) is 32.8 Å². The zero-order valence-electron chi connectivity index (χ0n) is 10.8. The molecule has 0 amide bonds. The third kappa shape index (κ3) is 2.55. The Balaban J connectivity index is 0.00000161. The minimum Gasteiger partial charge on any atom is -0.545 e. The summed E-state index contributed by atoms with van der Waals surface area (Å²) >= 11 is 0. The second kappa shape index (κ2) is 5.68. The Labute approximate surface area is 134 Å². The summed E-state index contributed by atoms with van der Waals surface area (Å²) in [6.45, 7) is 0. The van der Waals surface area contributed by atoms with Crippen molar-refractivity contribution in [2.45, 2.75) is 0 Å². The van der Waals surface area contributed by atoms with E-state index in [4.69, 9.17) is 0 Å². The minimum atomic E-state index is -1.53. The van der Waals surface area contributed by atoms with Crippen LogP contribution in [0.25, 0.3) is 21.5 Å². The number of benzene rings is 3. The zero-order valence-corrected chi connectivity index (χ0v) is 12.3. The monoisotopic (exact) mass is 312 g/mol. The van der Waals surface area contributed by atoms with Gasteiger partial charge in [0.2, 0.25) is 0 Å². The van der Waals surface area contributed by atoms with Gasteiger partial charge in [-0.25, -0.2) is 0 Å². The van der Waals surface area contributed by atoms with Crippen molar-refractivity contribution in [3.63, 3.8) is 0 Å². The summed E-state index contributed by atoms with van der Waals surface area (Å²) in [6.07, 6.45) is 0. The summed E-state index contributed by atoms with van der Waals surface area (Å²) in [5, 5.41) is 25.1. The van der Waals surface area contributed by atoms with Gasteiger partial charge in [-0.3, -0.25) is 0 Å². The Morgan fingerprint density at radius 3 is 1.95 bits per heavy atom. The van der Waals surface area contributed by atoms with Crippen molar-refractivity contribution in [1.82, 2.24) is 0 Å². The smallest absolute Gasteiger partial charge is 0.545 e. The topological polar surface area (TPSA) is 80.3 Å². The fourth-order valence-corrected chi connectivity index (χ4v) is 2.40. The average Bonchev–Trinajstić information content (AvgIpc) is 2.43. The van der Waals surface area contributed by atoms with E-state index in [0.29, 0.717) is 10.8 Å². The second-order valence-corrected chi connectivity index (χ2v) is 4.48. The Hall–Kier alpha value is -2.17. The molecule has 0 fully saturated rings. The molecule has 0 atom stereocenters. The molecular formula is C16H8O4Ti. The second-order valence-electron chi connectivity index (χ2n) is 4.48. The Morgan fingerprint density at radius 1 is 0.762 bits per heavy atom.